The van der Waals surface area contributed by atoms with Crippen molar-refractivity contribution in [2.75, 3.05) is 19.0 Å². The highest BCUT2D eigenvalue weighted by atomic mass is 15.1. The van der Waals surface area contributed by atoms with Crippen LogP contribution in [0, 0.1) is 0 Å². The highest BCUT2D eigenvalue weighted by Crippen LogP contribution is 2.27. The SMILES string of the molecule is CN(C)c1cc2nc(c1)/C=C\c1ccc(c3ccccc13)/C=C\2. The average Bonchev–Trinajstić information content (AvgIpc) is 2.61. The molecule has 2 aliphatic rings. The number of benzene rings is 2. The highest BCUT2D eigenvalue weighted by Gasteiger charge is 2.06. The molecule has 0 saturated heterocycles. The summed E-state index contributed by atoms with van der Waals surface area (Å²) < 4.78 is 0. The van der Waals surface area contributed by atoms with Crippen LogP contribution in [0.3, 0.4) is 0 Å². The Morgan fingerprint density at radius 2 is 1.22 bits per heavy atom. The molecule has 112 valence electrons. The maximum atomic E-state index is 4.72. The van der Waals surface area contributed by atoms with Crippen LogP contribution in [0.1, 0.15) is 22.5 Å². The fourth-order valence-electron chi connectivity index (χ4n) is 2.97. The molecule has 0 radical (unpaired) electrons. The van der Waals surface area contributed by atoms with Crippen molar-refractivity contribution in [3.05, 3.63) is 71.0 Å². The van der Waals surface area contributed by atoms with Gasteiger partial charge in [-0.3, -0.25) is 0 Å². The van der Waals surface area contributed by atoms with Crippen LogP contribution in [-0.2, 0) is 0 Å². The smallest absolute Gasteiger partial charge is 0.0657 e. The summed E-state index contributed by atoms with van der Waals surface area (Å²) in [7, 11) is 4.11. The molecule has 2 aromatic carbocycles. The lowest BCUT2D eigenvalue weighted by molar-refractivity contribution is 1.11. The van der Waals surface area contributed by atoms with E-state index in [9.17, 15) is 0 Å². The Labute approximate surface area is 136 Å². The molecule has 0 aliphatic carbocycles. The maximum Gasteiger partial charge on any atom is 0.0657 e. The van der Waals surface area contributed by atoms with Crippen LogP contribution >= 0.6 is 0 Å². The summed E-state index contributed by atoms with van der Waals surface area (Å²) in [6, 6.07) is 17.1. The van der Waals surface area contributed by atoms with Gasteiger partial charge in [-0.1, -0.05) is 48.6 Å². The first-order valence-electron chi connectivity index (χ1n) is 7.78. The van der Waals surface area contributed by atoms with Gasteiger partial charge in [0.2, 0.25) is 0 Å². The number of rotatable bonds is 1. The largest absolute Gasteiger partial charge is 0.378 e. The molecule has 0 atom stereocenters. The van der Waals surface area contributed by atoms with E-state index >= 15 is 0 Å². The Morgan fingerprint density at radius 3 is 1.70 bits per heavy atom. The van der Waals surface area contributed by atoms with E-state index in [2.05, 4.69) is 91.8 Å². The number of hydrogen-bond acceptors (Lipinski definition) is 2. The summed E-state index contributed by atoms with van der Waals surface area (Å²) in [5.74, 6) is 0. The Kier molecular flexibility index (Phi) is 3.23. The van der Waals surface area contributed by atoms with Crippen LogP contribution in [-0.4, -0.2) is 19.1 Å². The topological polar surface area (TPSA) is 16.1 Å². The molecule has 0 amide bonds. The Morgan fingerprint density at radius 1 is 0.696 bits per heavy atom. The van der Waals surface area contributed by atoms with Crippen molar-refractivity contribution in [3.63, 3.8) is 0 Å². The summed E-state index contributed by atoms with van der Waals surface area (Å²) in [6.45, 7) is 0. The van der Waals surface area contributed by atoms with E-state index < -0.39 is 0 Å². The van der Waals surface area contributed by atoms with Crippen molar-refractivity contribution in [1.82, 2.24) is 4.98 Å². The Bertz CT molecular complexity index is 878. The number of pyridine rings is 1. The molecular weight excluding hydrogens is 280 g/mol. The zero-order valence-corrected chi connectivity index (χ0v) is 13.3. The first-order valence-corrected chi connectivity index (χ1v) is 7.78. The van der Waals surface area contributed by atoms with E-state index in [1.165, 1.54) is 21.9 Å². The van der Waals surface area contributed by atoms with Crippen molar-refractivity contribution >= 4 is 40.8 Å². The van der Waals surface area contributed by atoms with Crippen molar-refractivity contribution in [2.24, 2.45) is 0 Å². The average molecular weight is 298 g/mol. The van der Waals surface area contributed by atoms with E-state index in [0.29, 0.717) is 0 Å². The van der Waals surface area contributed by atoms with Gasteiger partial charge < -0.3 is 4.90 Å². The molecule has 2 heteroatoms. The van der Waals surface area contributed by atoms with Crippen LogP contribution < -0.4 is 4.90 Å². The first kappa shape index (κ1) is 13.8. The van der Waals surface area contributed by atoms with Crippen LogP contribution in [0.4, 0.5) is 5.69 Å². The van der Waals surface area contributed by atoms with Gasteiger partial charge >= 0.3 is 0 Å². The van der Waals surface area contributed by atoms with Crippen LogP contribution in [0.5, 0.6) is 0 Å². The fourth-order valence-corrected chi connectivity index (χ4v) is 2.97. The van der Waals surface area contributed by atoms with Gasteiger partial charge in [0.15, 0.2) is 0 Å². The minimum absolute atomic E-state index is 0.976. The number of hydrogen-bond donors (Lipinski definition) is 0. The van der Waals surface area contributed by atoms with Gasteiger partial charge in [0, 0.05) is 19.8 Å². The van der Waals surface area contributed by atoms with Crippen LogP contribution in [0.15, 0.2) is 48.5 Å². The van der Waals surface area contributed by atoms with Crippen LogP contribution in [0.2, 0.25) is 0 Å². The molecule has 0 spiro atoms. The number of nitrogens with zero attached hydrogens (tertiary/aromatic N) is 2. The van der Waals surface area contributed by atoms with Gasteiger partial charge in [0.25, 0.3) is 0 Å². The Balaban J connectivity index is 2.00. The van der Waals surface area contributed by atoms with Gasteiger partial charge in [0.05, 0.1) is 11.4 Å². The highest BCUT2D eigenvalue weighted by molar-refractivity contribution is 5.99. The molecule has 0 unspecified atom stereocenters. The van der Waals surface area contributed by atoms with Gasteiger partial charge in [-0.25, -0.2) is 4.98 Å². The second-order valence-corrected chi connectivity index (χ2v) is 6.03. The zero-order chi connectivity index (χ0) is 15.8. The maximum absolute atomic E-state index is 4.72. The van der Waals surface area contributed by atoms with Crippen molar-refractivity contribution < 1.29 is 0 Å². The zero-order valence-electron chi connectivity index (χ0n) is 13.3. The molecule has 23 heavy (non-hydrogen) atoms. The second kappa shape index (κ2) is 5.40. The van der Waals surface area contributed by atoms with Gasteiger partial charge in [-0.15, -0.1) is 0 Å². The van der Waals surface area contributed by atoms with Crippen LogP contribution in [0.25, 0.3) is 35.1 Å². The summed E-state index contributed by atoms with van der Waals surface area (Å²) in [5, 5.41) is 2.54. The monoisotopic (exact) mass is 298 g/mol. The van der Waals surface area contributed by atoms with Crippen molar-refractivity contribution in [2.45, 2.75) is 0 Å². The lowest BCUT2D eigenvalue weighted by atomic mass is 9.99. The molecule has 2 nitrogen and oxygen atoms in total. The summed E-state index contributed by atoms with van der Waals surface area (Å²) in [4.78, 5) is 6.83. The molecule has 3 heterocycles. The van der Waals surface area contributed by atoms with Gasteiger partial charge in [-0.05, 0) is 46.2 Å². The molecule has 4 bridgehead atoms. The summed E-state index contributed by atoms with van der Waals surface area (Å²) >= 11 is 0. The number of anilines is 1. The molecule has 0 saturated carbocycles. The lowest BCUT2D eigenvalue weighted by Crippen LogP contribution is -2.09. The van der Waals surface area contributed by atoms with Crippen molar-refractivity contribution in [1.29, 1.82) is 0 Å². The quantitative estimate of drug-likeness (QED) is 0.494. The minimum Gasteiger partial charge on any atom is -0.378 e. The van der Waals surface area contributed by atoms with Gasteiger partial charge in [-0.2, -0.15) is 0 Å². The molecule has 0 fully saturated rings. The molecule has 3 aromatic rings. The molecule has 2 aliphatic heterocycles. The first-order chi connectivity index (χ1) is 11.2. The third-order valence-corrected chi connectivity index (χ3v) is 4.22. The third-order valence-electron chi connectivity index (χ3n) is 4.22. The van der Waals surface area contributed by atoms with E-state index in [-0.39, 0.29) is 0 Å². The van der Waals surface area contributed by atoms with Gasteiger partial charge in [0.1, 0.15) is 0 Å². The Hall–Kier alpha value is -2.87. The van der Waals surface area contributed by atoms with E-state index in [4.69, 9.17) is 4.98 Å². The third kappa shape index (κ3) is 2.53. The molecular formula is C21H18N2. The van der Waals surface area contributed by atoms with E-state index in [1.807, 2.05) is 0 Å². The predicted molar refractivity (Wildman–Crippen MR) is 100 cm³/mol. The van der Waals surface area contributed by atoms with E-state index in [0.717, 1.165) is 17.1 Å². The predicted octanol–water partition coefficient (Wildman–Crippen LogP) is 4.96. The summed E-state index contributed by atoms with van der Waals surface area (Å²) in [5.41, 5.74) is 5.55. The second-order valence-electron chi connectivity index (χ2n) is 6.03. The normalized spacial score (nSPS) is 15.2. The summed E-state index contributed by atoms with van der Waals surface area (Å²) in [6.07, 6.45) is 8.50. The lowest BCUT2D eigenvalue weighted by Gasteiger charge is -2.13. The minimum atomic E-state index is 0.976. The number of aromatic nitrogens is 1. The van der Waals surface area contributed by atoms with E-state index in [1.54, 1.807) is 0 Å². The molecule has 5 rings (SSSR count). The standard InChI is InChI=1S/C21H18N2/c1-23(2)19-13-17-11-9-15-7-8-16(10-12-18(14-19)22-17)21-6-4-3-5-20(15)21/h3-14H,1-2H3/b11-9-,12-10-. The molecule has 0 N–H and O–H groups in total. The van der Waals surface area contributed by atoms with Crippen molar-refractivity contribution in [3.8, 4) is 0 Å². The fraction of sp³-hybridized carbons (Fsp3) is 0.0952. The molecule has 1 aromatic heterocycles. The number of fused-ring (bicyclic) bond motifs is 1.